The molecule has 2 aliphatic rings. The highest BCUT2D eigenvalue weighted by Crippen LogP contribution is 2.34. The third-order valence-electron chi connectivity index (χ3n) is 4.82. The first kappa shape index (κ1) is 17.7. The van der Waals surface area contributed by atoms with Crippen LogP contribution in [-0.2, 0) is 10.0 Å². The van der Waals surface area contributed by atoms with E-state index >= 15 is 0 Å². The second-order valence-corrected chi connectivity index (χ2v) is 9.41. The third kappa shape index (κ3) is 3.07. The number of hydrogen-bond donors (Lipinski definition) is 0. The molecule has 146 valence electrons. The van der Waals surface area contributed by atoms with Gasteiger partial charge in [-0.15, -0.1) is 0 Å². The van der Waals surface area contributed by atoms with Gasteiger partial charge in [-0.3, -0.25) is 0 Å². The molecule has 0 unspecified atom stereocenters. The zero-order chi connectivity index (χ0) is 19.1. The van der Waals surface area contributed by atoms with E-state index in [1.807, 2.05) is 12.1 Å². The molecule has 1 aromatic carbocycles. The van der Waals surface area contributed by atoms with Crippen LogP contribution in [0.3, 0.4) is 0 Å². The van der Waals surface area contributed by atoms with Crippen LogP contribution in [0.25, 0.3) is 10.3 Å². The topological polar surface area (TPSA) is 84.9 Å². The van der Waals surface area contributed by atoms with E-state index in [1.54, 1.807) is 24.4 Å². The fourth-order valence-corrected chi connectivity index (χ4v) is 5.75. The van der Waals surface area contributed by atoms with Crippen LogP contribution in [0.15, 0.2) is 41.4 Å². The van der Waals surface area contributed by atoms with E-state index in [2.05, 4.69) is 14.9 Å². The monoisotopic (exact) mass is 418 g/mol. The molecule has 1 fully saturated rings. The molecule has 0 N–H and O–H groups in total. The molecule has 0 aliphatic carbocycles. The lowest BCUT2D eigenvalue weighted by Gasteiger charge is -2.33. The average Bonchev–Trinajstić information content (AvgIpc) is 3.18. The molecular weight excluding hydrogens is 400 g/mol. The number of benzene rings is 1. The average molecular weight is 419 g/mol. The summed E-state index contributed by atoms with van der Waals surface area (Å²) in [4.78, 5) is 12.2. The van der Waals surface area contributed by atoms with Gasteiger partial charge in [0, 0.05) is 38.4 Å². The van der Waals surface area contributed by atoms with E-state index in [9.17, 15) is 8.42 Å². The summed E-state index contributed by atoms with van der Waals surface area (Å²) in [7, 11) is -3.58. The highest BCUT2D eigenvalue weighted by Gasteiger charge is 2.30. The lowest BCUT2D eigenvalue weighted by Crippen LogP contribution is -2.48. The number of anilines is 1. The highest BCUT2D eigenvalue weighted by molar-refractivity contribution is 7.89. The van der Waals surface area contributed by atoms with Crippen molar-refractivity contribution in [2.75, 3.05) is 44.3 Å². The molecule has 1 saturated heterocycles. The van der Waals surface area contributed by atoms with Crippen LogP contribution < -0.4 is 14.4 Å². The Bertz CT molecular complexity index is 1090. The van der Waals surface area contributed by atoms with Crippen LogP contribution >= 0.6 is 11.3 Å². The Balaban J connectivity index is 1.33. The third-order valence-corrected chi connectivity index (χ3v) is 7.75. The van der Waals surface area contributed by atoms with Crippen LogP contribution in [0.5, 0.6) is 11.5 Å². The summed E-state index contributed by atoms with van der Waals surface area (Å²) in [5, 5.41) is 0.880. The van der Waals surface area contributed by atoms with E-state index < -0.39 is 10.0 Å². The van der Waals surface area contributed by atoms with Gasteiger partial charge in [0.05, 0.1) is 4.90 Å². The summed E-state index contributed by atoms with van der Waals surface area (Å²) in [6.45, 7) is 2.88. The number of nitrogens with zero attached hydrogens (tertiary/aromatic N) is 4. The fraction of sp³-hybridized carbons (Fsp3) is 0.333. The molecule has 2 aliphatic heterocycles. The van der Waals surface area contributed by atoms with Crippen LogP contribution in [0.4, 0.5) is 5.13 Å². The van der Waals surface area contributed by atoms with Crippen molar-refractivity contribution < 1.29 is 17.9 Å². The fourth-order valence-electron chi connectivity index (χ4n) is 3.35. The number of aromatic nitrogens is 2. The van der Waals surface area contributed by atoms with Crippen molar-refractivity contribution in [1.29, 1.82) is 0 Å². The van der Waals surface area contributed by atoms with Crippen molar-refractivity contribution >= 4 is 36.8 Å². The summed E-state index contributed by atoms with van der Waals surface area (Å²) in [5.74, 6) is 1.06. The maximum absolute atomic E-state index is 13.0. The molecule has 0 spiro atoms. The van der Waals surface area contributed by atoms with Gasteiger partial charge in [-0.2, -0.15) is 4.31 Å². The van der Waals surface area contributed by atoms with E-state index in [0.29, 0.717) is 50.9 Å². The molecule has 10 heteroatoms. The Kier molecular flexibility index (Phi) is 4.33. The first-order valence-electron chi connectivity index (χ1n) is 8.97. The van der Waals surface area contributed by atoms with E-state index in [0.717, 1.165) is 15.5 Å². The van der Waals surface area contributed by atoms with Gasteiger partial charge < -0.3 is 14.4 Å². The Morgan fingerprint density at radius 2 is 1.79 bits per heavy atom. The van der Waals surface area contributed by atoms with Crippen LogP contribution in [-0.4, -0.2) is 62.1 Å². The molecule has 2 aromatic heterocycles. The predicted molar refractivity (Wildman–Crippen MR) is 106 cm³/mol. The smallest absolute Gasteiger partial charge is 0.243 e. The second-order valence-electron chi connectivity index (χ2n) is 6.52. The molecule has 28 heavy (non-hydrogen) atoms. The van der Waals surface area contributed by atoms with Gasteiger partial charge in [0.15, 0.2) is 16.6 Å². The quantitative estimate of drug-likeness (QED) is 0.643. The number of fused-ring (bicyclic) bond motifs is 2. The Morgan fingerprint density at radius 3 is 2.57 bits per heavy atom. The van der Waals surface area contributed by atoms with Gasteiger partial charge in [0.2, 0.25) is 10.0 Å². The molecule has 5 rings (SSSR count). The van der Waals surface area contributed by atoms with Crippen LogP contribution in [0.1, 0.15) is 0 Å². The molecule has 0 saturated carbocycles. The Hall–Kier alpha value is -2.43. The number of piperazine rings is 1. The maximum atomic E-state index is 13.0. The zero-order valence-electron chi connectivity index (χ0n) is 14.9. The number of pyridine rings is 1. The first-order chi connectivity index (χ1) is 13.6. The number of rotatable bonds is 3. The lowest BCUT2D eigenvalue weighted by atomic mass is 10.3. The van der Waals surface area contributed by atoms with Crippen molar-refractivity contribution in [3.05, 3.63) is 36.5 Å². The summed E-state index contributed by atoms with van der Waals surface area (Å²) in [6.07, 6.45) is 1.75. The first-order valence-corrected chi connectivity index (χ1v) is 11.2. The van der Waals surface area contributed by atoms with E-state index in [4.69, 9.17) is 9.47 Å². The Labute approximate surface area is 166 Å². The second kappa shape index (κ2) is 6.87. The molecule has 0 bridgehead atoms. The van der Waals surface area contributed by atoms with E-state index in [1.165, 1.54) is 15.6 Å². The molecule has 0 amide bonds. The summed E-state index contributed by atoms with van der Waals surface area (Å²) in [5.41, 5.74) is 0.869. The molecule has 0 radical (unpaired) electrons. The highest BCUT2D eigenvalue weighted by atomic mass is 32.2. The molecular formula is C18H18N4O4S2. The van der Waals surface area contributed by atoms with Gasteiger partial charge in [0.25, 0.3) is 0 Å². The Morgan fingerprint density at radius 1 is 1.00 bits per heavy atom. The van der Waals surface area contributed by atoms with Crippen LogP contribution in [0, 0.1) is 0 Å². The number of ether oxygens (including phenoxy) is 2. The van der Waals surface area contributed by atoms with Crippen molar-refractivity contribution in [2.45, 2.75) is 4.90 Å². The van der Waals surface area contributed by atoms with Gasteiger partial charge in [-0.25, -0.2) is 18.4 Å². The van der Waals surface area contributed by atoms with Crippen molar-refractivity contribution in [3.63, 3.8) is 0 Å². The SMILES string of the molecule is O=S(=O)(c1ccc2c(c1)OCCO2)N1CCN(c2nc3cccnc3s2)CC1. The minimum Gasteiger partial charge on any atom is -0.486 e. The number of hydrogen-bond acceptors (Lipinski definition) is 8. The predicted octanol–water partition coefficient (Wildman–Crippen LogP) is 1.97. The number of thiazole rings is 1. The van der Waals surface area contributed by atoms with Gasteiger partial charge in [-0.1, -0.05) is 11.3 Å². The van der Waals surface area contributed by atoms with Crippen molar-refractivity contribution in [1.82, 2.24) is 14.3 Å². The minimum absolute atomic E-state index is 0.231. The van der Waals surface area contributed by atoms with Gasteiger partial charge >= 0.3 is 0 Å². The maximum Gasteiger partial charge on any atom is 0.243 e. The largest absolute Gasteiger partial charge is 0.486 e. The van der Waals surface area contributed by atoms with Gasteiger partial charge in [0.1, 0.15) is 23.6 Å². The van der Waals surface area contributed by atoms with Crippen molar-refractivity contribution in [2.24, 2.45) is 0 Å². The van der Waals surface area contributed by atoms with Gasteiger partial charge in [-0.05, 0) is 24.3 Å². The normalized spacial score (nSPS) is 17.8. The summed E-state index contributed by atoms with van der Waals surface area (Å²) >= 11 is 1.53. The number of sulfonamides is 1. The standard InChI is InChI=1S/C18H18N4O4S2/c23-28(24,13-3-4-15-16(12-13)26-11-10-25-15)22-8-6-21(7-9-22)18-20-14-2-1-5-19-17(14)27-18/h1-5,12H,6-11H2. The minimum atomic E-state index is -3.58. The summed E-state index contributed by atoms with van der Waals surface area (Å²) < 4.78 is 38.6. The van der Waals surface area contributed by atoms with Crippen LogP contribution in [0.2, 0.25) is 0 Å². The molecule has 4 heterocycles. The molecule has 0 atom stereocenters. The zero-order valence-corrected chi connectivity index (χ0v) is 16.6. The summed E-state index contributed by atoms with van der Waals surface area (Å²) in [6, 6.07) is 8.59. The lowest BCUT2D eigenvalue weighted by molar-refractivity contribution is 0.171. The van der Waals surface area contributed by atoms with E-state index in [-0.39, 0.29) is 4.90 Å². The molecule has 3 aromatic rings. The van der Waals surface area contributed by atoms with Crippen molar-refractivity contribution in [3.8, 4) is 11.5 Å². The molecule has 8 nitrogen and oxygen atoms in total.